The van der Waals surface area contributed by atoms with Gasteiger partial charge in [-0.25, -0.2) is 4.79 Å². The molecule has 9 heteroatoms. The highest BCUT2D eigenvalue weighted by atomic mass is 16.7. The maximum Gasteiger partial charge on any atom is 0.315 e. The van der Waals surface area contributed by atoms with Crippen molar-refractivity contribution in [2.24, 2.45) is 11.8 Å². The Balaban J connectivity index is 1.30. The van der Waals surface area contributed by atoms with Gasteiger partial charge < -0.3 is 30.5 Å². The lowest BCUT2D eigenvalue weighted by atomic mass is 9.75. The maximum absolute atomic E-state index is 13.9. The van der Waals surface area contributed by atoms with Crippen LogP contribution in [0.15, 0.2) is 72.8 Å². The lowest BCUT2D eigenvalue weighted by molar-refractivity contribution is -0.278. The predicted molar refractivity (Wildman–Crippen MR) is 204 cm³/mol. The molecule has 52 heavy (non-hydrogen) atoms. The third-order valence-electron chi connectivity index (χ3n) is 11.0. The highest BCUT2D eigenvalue weighted by Crippen LogP contribution is 2.45. The summed E-state index contributed by atoms with van der Waals surface area (Å²) in [5, 5.41) is 18.7. The summed E-state index contributed by atoms with van der Waals surface area (Å²) >= 11 is 0. The van der Waals surface area contributed by atoms with Gasteiger partial charge in [-0.1, -0.05) is 80.4 Å². The van der Waals surface area contributed by atoms with Gasteiger partial charge >= 0.3 is 6.03 Å². The van der Waals surface area contributed by atoms with Crippen LogP contribution in [0.4, 0.5) is 4.79 Å². The molecule has 0 spiro atoms. The van der Waals surface area contributed by atoms with Gasteiger partial charge in [0.2, 0.25) is 5.91 Å². The summed E-state index contributed by atoms with van der Waals surface area (Å²) in [6.45, 7) is 11.9. The van der Waals surface area contributed by atoms with E-state index in [1.807, 2.05) is 37.3 Å². The van der Waals surface area contributed by atoms with Crippen molar-refractivity contribution < 1.29 is 24.2 Å². The van der Waals surface area contributed by atoms with Crippen molar-refractivity contribution in [2.45, 2.75) is 122 Å². The number of hydrogen-bond donors (Lipinski definition) is 4. The minimum absolute atomic E-state index is 0.00351. The van der Waals surface area contributed by atoms with Crippen molar-refractivity contribution in [3.05, 3.63) is 95.1 Å². The largest absolute Gasteiger partial charge is 0.392 e. The van der Waals surface area contributed by atoms with Crippen LogP contribution in [0.25, 0.3) is 11.1 Å². The second kappa shape index (κ2) is 16.9. The molecule has 4 N–H and O–H groups in total. The zero-order valence-corrected chi connectivity index (χ0v) is 31.6. The average molecular weight is 711 g/mol. The lowest BCUT2D eigenvalue weighted by Crippen LogP contribution is -2.61. The Kier molecular flexibility index (Phi) is 12.4. The Morgan fingerprint density at radius 1 is 0.846 bits per heavy atom. The first kappa shape index (κ1) is 38.0. The van der Waals surface area contributed by atoms with Crippen molar-refractivity contribution in [2.75, 3.05) is 13.1 Å². The summed E-state index contributed by atoms with van der Waals surface area (Å²) in [5.41, 5.74) is 5.60. The van der Waals surface area contributed by atoms with Crippen LogP contribution in [0.3, 0.4) is 0 Å². The number of benzene rings is 3. The topological polar surface area (TPSA) is 112 Å². The van der Waals surface area contributed by atoms with Gasteiger partial charge in [-0.3, -0.25) is 9.69 Å². The van der Waals surface area contributed by atoms with E-state index in [1.165, 1.54) is 19.3 Å². The number of amides is 3. The second-order valence-electron chi connectivity index (χ2n) is 16.0. The third kappa shape index (κ3) is 9.23. The van der Waals surface area contributed by atoms with Gasteiger partial charge in [0, 0.05) is 42.7 Å². The van der Waals surface area contributed by atoms with E-state index < -0.39 is 6.29 Å². The van der Waals surface area contributed by atoms with Crippen LogP contribution in [0, 0.1) is 11.8 Å². The number of nitrogens with one attached hydrogen (secondary N) is 3. The van der Waals surface area contributed by atoms with Crippen molar-refractivity contribution >= 4 is 11.9 Å². The molecule has 3 aromatic rings. The van der Waals surface area contributed by atoms with Crippen LogP contribution < -0.4 is 16.0 Å². The summed E-state index contributed by atoms with van der Waals surface area (Å²) in [6, 6.07) is 24.5. The van der Waals surface area contributed by atoms with E-state index in [0.717, 1.165) is 52.6 Å². The number of urea groups is 1. The molecule has 3 aromatic carbocycles. The fraction of sp³-hybridized carbons (Fsp3) is 0.535. The normalized spacial score (nSPS) is 26.6. The van der Waals surface area contributed by atoms with Gasteiger partial charge in [-0.2, -0.15) is 0 Å². The highest BCUT2D eigenvalue weighted by Gasteiger charge is 2.46. The first-order chi connectivity index (χ1) is 25.0. The van der Waals surface area contributed by atoms with Gasteiger partial charge in [0.25, 0.3) is 0 Å². The molecule has 3 fully saturated rings. The number of carbonyl (C=O) groups is 2. The van der Waals surface area contributed by atoms with Gasteiger partial charge in [0.05, 0.1) is 24.9 Å². The fourth-order valence-corrected chi connectivity index (χ4v) is 8.39. The third-order valence-corrected chi connectivity index (χ3v) is 11.0. The van der Waals surface area contributed by atoms with E-state index in [9.17, 15) is 14.7 Å². The molecule has 7 atom stereocenters. The number of likely N-dealkylation sites (tertiary alicyclic amines) is 1. The zero-order valence-electron chi connectivity index (χ0n) is 31.6. The number of nitrogens with zero attached hydrogens (tertiary/aromatic N) is 1. The van der Waals surface area contributed by atoms with E-state index in [2.05, 4.69) is 91.0 Å². The number of aliphatic hydroxyl groups is 1. The van der Waals surface area contributed by atoms with Crippen molar-refractivity contribution in [3.8, 4) is 11.1 Å². The number of hydrogen-bond acceptors (Lipinski definition) is 6. The van der Waals surface area contributed by atoms with Crippen LogP contribution in [-0.2, 0) is 27.4 Å². The molecular formula is C43H58N4O5. The van der Waals surface area contributed by atoms with Crippen LogP contribution >= 0.6 is 0 Å². The Morgan fingerprint density at radius 3 is 2.31 bits per heavy atom. The molecule has 3 amide bonds. The predicted octanol–water partition coefficient (Wildman–Crippen LogP) is 7.39. The average Bonchev–Trinajstić information content (AvgIpc) is 3.14. The Hall–Kier alpha value is -3.76. The van der Waals surface area contributed by atoms with E-state index in [0.29, 0.717) is 31.6 Å². The molecule has 3 aliphatic rings. The number of piperidine rings is 1. The van der Waals surface area contributed by atoms with Gasteiger partial charge in [0.15, 0.2) is 6.29 Å². The van der Waals surface area contributed by atoms with Gasteiger partial charge in [-0.15, -0.1) is 0 Å². The summed E-state index contributed by atoms with van der Waals surface area (Å²) in [5.74, 6) is 0.715. The minimum Gasteiger partial charge on any atom is -0.392 e. The molecule has 0 aromatic heterocycles. The lowest BCUT2D eigenvalue weighted by Gasteiger charge is -2.51. The smallest absolute Gasteiger partial charge is 0.315 e. The van der Waals surface area contributed by atoms with E-state index in [1.54, 1.807) is 0 Å². The zero-order chi connectivity index (χ0) is 36.8. The van der Waals surface area contributed by atoms with E-state index in [4.69, 9.17) is 9.47 Å². The SMILES string of the molecule is CCNC(=O)NCc1cccc(-c2cccc([C@H]3O[C@@H](CN4[C@@H](C(=O)NC(C)(C)C)CC[C@H]5CCCC[C@H]54)[C@@H](C)[C@@H](c4ccc(CO)cc4)O3)c2)c1. The standard InChI is InChI=1S/C43H58N4O5/c1-6-44-42(50)45-25-30-11-9-13-33(23-30)34-14-10-15-35(24-34)41-51-38(28(2)39(52-41)32-19-17-29(27-48)18-20-32)26-47-36-16-8-7-12-31(36)21-22-37(47)40(49)46-43(3,4)5/h9-11,13-15,17-20,23-24,28,31,36-39,41,48H,6-8,12,16,21-22,25-27H2,1-5H3,(H,46,49)(H2,44,45,50)/t28-,31-,36-,37-,38+,39+,41+/m1/s1. The quantitative estimate of drug-likeness (QED) is 0.175. The molecular weight excluding hydrogens is 652 g/mol. The van der Waals surface area contributed by atoms with E-state index >= 15 is 0 Å². The maximum atomic E-state index is 13.9. The fourth-order valence-electron chi connectivity index (χ4n) is 8.39. The Labute approximate surface area is 309 Å². The molecule has 2 saturated heterocycles. The summed E-state index contributed by atoms with van der Waals surface area (Å²) in [6.07, 6.45) is 5.65. The number of rotatable bonds is 10. The second-order valence-corrected chi connectivity index (χ2v) is 16.0. The van der Waals surface area contributed by atoms with Crippen molar-refractivity contribution in [3.63, 3.8) is 0 Å². The Morgan fingerprint density at radius 2 is 1.58 bits per heavy atom. The summed E-state index contributed by atoms with van der Waals surface area (Å²) in [7, 11) is 0. The van der Waals surface area contributed by atoms with Crippen LogP contribution in [0.1, 0.15) is 108 Å². The van der Waals surface area contributed by atoms with E-state index in [-0.39, 0.29) is 48.3 Å². The molecule has 1 saturated carbocycles. The van der Waals surface area contributed by atoms with Gasteiger partial charge in [-0.05, 0) is 99.2 Å². The molecule has 1 aliphatic carbocycles. The number of aliphatic hydroxyl groups excluding tert-OH is 1. The monoisotopic (exact) mass is 710 g/mol. The molecule has 2 heterocycles. The molecule has 280 valence electrons. The number of ether oxygens (including phenoxy) is 2. The molecule has 9 nitrogen and oxygen atoms in total. The summed E-state index contributed by atoms with van der Waals surface area (Å²) < 4.78 is 13.9. The first-order valence-corrected chi connectivity index (χ1v) is 19.3. The first-order valence-electron chi connectivity index (χ1n) is 19.3. The van der Waals surface area contributed by atoms with Crippen LogP contribution in [0.2, 0.25) is 0 Å². The summed E-state index contributed by atoms with van der Waals surface area (Å²) in [4.78, 5) is 28.4. The number of fused-ring (bicyclic) bond motifs is 1. The highest BCUT2D eigenvalue weighted by molar-refractivity contribution is 5.82. The van der Waals surface area contributed by atoms with Crippen LogP contribution in [0.5, 0.6) is 0 Å². The van der Waals surface area contributed by atoms with Crippen molar-refractivity contribution in [1.29, 1.82) is 0 Å². The molecule has 6 rings (SSSR count). The van der Waals surface area contributed by atoms with Gasteiger partial charge in [0.1, 0.15) is 0 Å². The van der Waals surface area contributed by atoms with Crippen LogP contribution in [-0.4, -0.2) is 58.8 Å². The molecule has 0 bridgehead atoms. The molecule has 2 aliphatic heterocycles. The number of carbonyl (C=O) groups excluding carboxylic acids is 2. The molecule has 0 radical (unpaired) electrons. The van der Waals surface area contributed by atoms with Crippen molar-refractivity contribution in [1.82, 2.24) is 20.9 Å². The minimum atomic E-state index is -0.625. The Bertz CT molecular complexity index is 1660. The molecule has 0 unspecified atom stereocenters.